The van der Waals surface area contributed by atoms with Crippen molar-refractivity contribution in [2.24, 2.45) is 23.2 Å². The summed E-state index contributed by atoms with van der Waals surface area (Å²) in [7, 11) is 0. The van der Waals surface area contributed by atoms with Gasteiger partial charge in [-0.25, -0.2) is 0 Å². The molecule has 1 aromatic carbocycles. The van der Waals surface area contributed by atoms with Crippen molar-refractivity contribution in [3.8, 4) is 11.8 Å². The van der Waals surface area contributed by atoms with E-state index in [0.717, 1.165) is 38.4 Å². The summed E-state index contributed by atoms with van der Waals surface area (Å²) in [6, 6.07) is 7.96. The van der Waals surface area contributed by atoms with Crippen LogP contribution in [0.1, 0.15) is 81.1 Å². The molecule has 0 aromatic heterocycles. The Bertz CT molecular complexity index is 1100. The molecule has 3 heteroatoms. The average molecular weight is 429 g/mol. The van der Waals surface area contributed by atoms with Crippen molar-refractivity contribution in [3.63, 3.8) is 0 Å². The number of rotatable bonds is 2. The molecule has 1 N–H and O–H groups in total. The van der Waals surface area contributed by atoms with Crippen molar-refractivity contribution in [1.29, 1.82) is 0 Å². The Hall–Kier alpha value is -2.44. The van der Waals surface area contributed by atoms with Gasteiger partial charge in [0, 0.05) is 23.3 Å². The fraction of sp³-hybridized carbons (Fsp3) is 0.517. The third-order valence-electron chi connectivity index (χ3n) is 9.03. The number of fused-ring (bicyclic) bond motifs is 4. The van der Waals surface area contributed by atoms with Gasteiger partial charge in [0.1, 0.15) is 11.9 Å². The first-order valence-corrected chi connectivity index (χ1v) is 12.0. The number of aliphatic hydroxyl groups is 1. The Morgan fingerprint density at radius 3 is 2.62 bits per heavy atom. The van der Waals surface area contributed by atoms with Crippen LogP contribution in [-0.4, -0.2) is 22.8 Å². The van der Waals surface area contributed by atoms with E-state index in [0.29, 0.717) is 29.7 Å². The lowest BCUT2D eigenvalue weighted by atomic mass is 9.49. The van der Waals surface area contributed by atoms with Gasteiger partial charge >= 0.3 is 0 Å². The van der Waals surface area contributed by atoms with Crippen molar-refractivity contribution < 1.29 is 14.7 Å². The summed E-state index contributed by atoms with van der Waals surface area (Å²) in [6.45, 7) is 6.40. The highest BCUT2D eigenvalue weighted by Crippen LogP contribution is 2.67. The molecule has 32 heavy (non-hydrogen) atoms. The molecule has 0 saturated heterocycles. The zero-order valence-electron chi connectivity index (χ0n) is 19.3. The second-order valence-electron chi connectivity index (χ2n) is 10.6. The first-order valence-electron chi connectivity index (χ1n) is 12.0. The number of ketones is 1. The van der Waals surface area contributed by atoms with Crippen molar-refractivity contribution in [3.05, 3.63) is 58.2 Å². The minimum Gasteiger partial charge on any atom is -0.377 e. The van der Waals surface area contributed by atoms with Crippen LogP contribution in [0.5, 0.6) is 0 Å². The summed E-state index contributed by atoms with van der Waals surface area (Å²) in [4.78, 5) is 23.5. The van der Waals surface area contributed by atoms with Gasteiger partial charge in [-0.2, -0.15) is 0 Å². The Morgan fingerprint density at radius 2 is 1.94 bits per heavy atom. The molecule has 6 atom stereocenters. The highest BCUT2D eigenvalue weighted by atomic mass is 16.3. The summed E-state index contributed by atoms with van der Waals surface area (Å²) in [5.74, 6) is 7.83. The lowest BCUT2D eigenvalue weighted by Gasteiger charge is -2.55. The molecule has 0 heterocycles. The van der Waals surface area contributed by atoms with Gasteiger partial charge in [-0.05, 0) is 79.6 Å². The second kappa shape index (κ2) is 7.56. The van der Waals surface area contributed by atoms with E-state index < -0.39 is 5.60 Å². The van der Waals surface area contributed by atoms with E-state index in [1.807, 2.05) is 25.1 Å². The summed E-state index contributed by atoms with van der Waals surface area (Å²) >= 11 is 0. The van der Waals surface area contributed by atoms with Crippen LogP contribution in [0.15, 0.2) is 47.1 Å². The minimum atomic E-state index is -0.970. The Morgan fingerprint density at radius 1 is 1.19 bits per heavy atom. The lowest BCUT2D eigenvalue weighted by molar-refractivity contribution is -0.114. The number of benzene rings is 1. The number of carbonyl (C=O) groups excluding carboxylic acids is 2. The predicted molar refractivity (Wildman–Crippen MR) is 125 cm³/mol. The molecule has 4 aliphatic carbocycles. The minimum absolute atomic E-state index is 0.166. The molecular weight excluding hydrogens is 396 g/mol. The van der Waals surface area contributed by atoms with Gasteiger partial charge < -0.3 is 5.11 Å². The second-order valence-corrected chi connectivity index (χ2v) is 10.6. The van der Waals surface area contributed by atoms with Crippen molar-refractivity contribution in [2.75, 3.05) is 0 Å². The highest BCUT2D eigenvalue weighted by molar-refractivity contribution is 5.93. The molecular formula is C29H32O3. The molecule has 3 nitrogen and oxygen atoms in total. The van der Waals surface area contributed by atoms with Crippen LogP contribution in [-0.2, 0) is 4.79 Å². The topological polar surface area (TPSA) is 54.4 Å². The van der Waals surface area contributed by atoms with Crippen molar-refractivity contribution in [1.82, 2.24) is 0 Å². The SMILES string of the molecule is CC#C[C@]1(O)CC[C@H]2[C@H]3C(=C4CCC(=O)C=C4C[C@H]3C)[C@@H](c3ccc(C=O)cc3)C[C@@]21C. The smallest absolute Gasteiger partial charge is 0.156 e. The van der Waals surface area contributed by atoms with Gasteiger partial charge in [0.2, 0.25) is 0 Å². The molecule has 0 amide bonds. The monoisotopic (exact) mass is 428 g/mol. The zero-order valence-corrected chi connectivity index (χ0v) is 19.3. The molecule has 5 rings (SSSR count). The van der Waals surface area contributed by atoms with Gasteiger partial charge in [0.15, 0.2) is 5.78 Å². The van der Waals surface area contributed by atoms with E-state index >= 15 is 0 Å². The number of carbonyl (C=O) groups is 2. The molecule has 166 valence electrons. The maximum absolute atomic E-state index is 12.2. The Labute approximate surface area is 191 Å². The molecule has 1 aromatic rings. The number of aldehydes is 1. The van der Waals surface area contributed by atoms with E-state index in [2.05, 4.69) is 37.8 Å². The van der Waals surface area contributed by atoms with E-state index in [9.17, 15) is 14.7 Å². The van der Waals surface area contributed by atoms with Crippen LogP contribution >= 0.6 is 0 Å². The molecule has 2 saturated carbocycles. The standard InChI is InChI=1S/C29H32O3/c1-4-12-29(32)13-11-25-26-18(2)14-21-15-22(31)9-10-23(21)27(26)24(16-28(25,29)3)20-7-5-19(17-30)6-8-20/h5-8,15,17-18,24-26,32H,9-11,13-14,16H2,1-3H3/t18-,24-,25+,26+,28+,29+/m1/s1. The lowest BCUT2D eigenvalue weighted by Crippen LogP contribution is -2.52. The van der Waals surface area contributed by atoms with Gasteiger partial charge in [0.25, 0.3) is 0 Å². The molecule has 0 unspecified atom stereocenters. The quantitative estimate of drug-likeness (QED) is 0.507. The molecule has 0 spiro atoms. The van der Waals surface area contributed by atoms with Gasteiger partial charge in [-0.3, -0.25) is 9.59 Å². The maximum Gasteiger partial charge on any atom is 0.156 e. The van der Waals surface area contributed by atoms with E-state index in [-0.39, 0.29) is 17.1 Å². The van der Waals surface area contributed by atoms with Gasteiger partial charge in [-0.15, -0.1) is 5.92 Å². The third-order valence-corrected chi connectivity index (χ3v) is 9.03. The molecule has 2 fully saturated rings. The fourth-order valence-corrected chi connectivity index (χ4v) is 7.53. The largest absolute Gasteiger partial charge is 0.377 e. The highest BCUT2D eigenvalue weighted by Gasteiger charge is 2.63. The first-order chi connectivity index (χ1) is 15.3. The van der Waals surface area contributed by atoms with Crippen LogP contribution in [0, 0.1) is 35.0 Å². The first kappa shape index (κ1) is 21.4. The molecule has 0 radical (unpaired) electrons. The van der Waals surface area contributed by atoms with E-state index in [4.69, 9.17) is 0 Å². The average Bonchev–Trinajstić information content (AvgIpc) is 3.03. The van der Waals surface area contributed by atoms with Gasteiger partial charge in [0.05, 0.1) is 0 Å². The van der Waals surface area contributed by atoms with E-state index in [1.54, 1.807) is 0 Å². The summed E-state index contributed by atoms with van der Waals surface area (Å²) < 4.78 is 0. The summed E-state index contributed by atoms with van der Waals surface area (Å²) in [5.41, 5.74) is 4.75. The molecule has 0 bridgehead atoms. The molecule has 0 aliphatic heterocycles. The number of hydrogen-bond acceptors (Lipinski definition) is 3. The van der Waals surface area contributed by atoms with Crippen LogP contribution in [0.2, 0.25) is 0 Å². The van der Waals surface area contributed by atoms with Crippen molar-refractivity contribution in [2.45, 2.75) is 70.8 Å². The zero-order chi connectivity index (χ0) is 22.7. The van der Waals surface area contributed by atoms with Crippen molar-refractivity contribution >= 4 is 12.1 Å². The van der Waals surface area contributed by atoms with E-state index in [1.165, 1.54) is 22.3 Å². The van der Waals surface area contributed by atoms with Crippen LogP contribution in [0.3, 0.4) is 0 Å². The van der Waals surface area contributed by atoms with Crippen LogP contribution < -0.4 is 0 Å². The Balaban J connectivity index is 1.72. The number of allylic oxidation sites excluding steroid dienone is 4. The summed E-state index contributed by atoms with van der Waals surface area (Å²) in [5, 5.41) is 11.7. The van der Waals surface area contributed by atoms with Gasteiger partial charge in [-0.1, -0.05) is 49.6 Å². The number of hydrogen-bond donors (Lipinski definition) is 1. The van der Waals surface area contributed by atoms with Crippen LogP contribution in [0.4, 0.5) is 0 Å². The Kier molecular flexibility index (Phi) is 5.06. The predicted octanol–water partition coefficient (Wildman–Crippen LogP) is 5.40. The fourth-order valence-electron chi connectivity index (χ4n) is 7.53. The maximum atomic E-state index is 12.2. The normalized spacial score (nSPS) is 38.1. The third kappa shape index (κ3) is 3.00. The molecule has 4 aliphatic rings. The van der Waals surface area contributed by atoms with Crippen LogP contribution in [0.25, 0.3) is 0 Å². The summed E-state index contributed by atoms with van der Waals surface area (Å²) in [6.07, 6.45) is 7.69.